The summed E-state index contributed by atoms with van der Waals surface area (Å²) in [6, 6.07) is 3.58. The number of fused-ring (bicyclic) bond motifs is 1. The molecule has 0 aromatic heterocycles. The third-order valence-corrected chi connectivity index (χ3v) is 6.10. The number of hydrogen-bond acceptors (Lipinski definition) is 6. The van der Waals surface area contributed by atoms with Gasteiger partial charge in [0.1, 0.15) is 0 Å². The lowest BCUT2D eigenvalue weighted by atomic mass is 9.81. The Morgan fingerprint density at radius 2 is 1.60 bits per heavy atom. The Labute approximate surface area is 177 Å². The number of carbonyl (C=O) groups excluding carboxylic acids is 3. The van der Waals surface area contributed by atoms with Gasteiger partial charge in [0.2, 0.25) is 23.5 Å². The van der Waals surface area contributed by atoms with Gasteiger partial charge in [0.15, 0.2) is 11.5 Å². The molecule has 30 heavy (non-hydrogen) atoms. The number of nitrogens with zero attached hydrogens (tertiary/aromatic N) is 2. The second kappa shape index (κ2) is 9.36. The zero-order valence-electron chi connectivity index (χ0n) is 18.1. The first-order valence-electron chi connectivity index (χ1n) is 10.3. The number of rotatable bonds is 8. The molecule has 1 aliphatic carbocycles. The average Bonchev–Trinajstić information content (AvgIpc) is 3.01. The molecule has 0 bridgehead atoms. The highest BCUT2D eigenvalue weighted by Gasteiger charge is 2.47. The SMILES string of the molecule is COc1ccc(CN(C)C(=O)CCN2C(=O)[C@H]3CCCC[C@H]3C2=O)c(OC)c1OC. The Kier molecular flexibility index (Phi) is 6.84. The fraction of sp³-hybridized carbons (Fsp3) is 0.591. The standard InChI is InChI=1S/C22H30N2O6/c1-23(13-14-9-10-17(28-2)20(30-4)19(14)29-3)18(25)11-12-24-21(26)15-7-5-6-8-16(15)22(24)27/h9-10,15-16H,5-8,11-13H2,1-4H3/t15-,16+. The van der Waals surface area contributed by atoms with Gasteiger partial charge in [0.25, 0.3) is 0 Å². The lowest BCUT2D eigenvalue weighted by Gasteiger charge is -2.22. The van der Waals surface area contributed by atoms with Crippen molar-refractivity contribution in [3.63, 3.8) is 0 Å². The van der Waals surface area contributed by atoms with Crippen molar-refractivity contribution >= 4 is 17.7 Å². The highest BCUT2D eigenvalue weighted by Crippen LogP contribution is 2.40. The highest BCUT2D eigenvalue weighted by atomic mass is 16.5. The van der Waals surface area contributed by atoms with Crippen molar-refractivity contribution in [1.29, 1.82) is 0 Å². The van der Waals surface area contributed by atoms with Crippen molar-refractivity contribution in [2.45, 2.75) is 38.6 Å². The molecule has 8 heteroatoms. The van der Waals surface area contributed by atoms with Gasteiger partial charge in [0.05, 0.1) is 33.2 Å². The van der Waals surface area contributed by atoms with Crippen LogP contribution in [0.15, 0.2) is 12.1 Å². The first kappa shape index (κ1) is 21.9. The molecule has 0 radical (unpaired) electrons. The lowest BCUT2D eigenvalue weighted by Crippen LogP contribution is -2.36. The molecular formula is C22H30N2O6. The Bertz CT molecular complexity index is 800. The minimum absolute atomic E-state index is 0.100. The van der Waals surface area contributed by atoms with Crippen molar-refractivity contribution < 1.29 is 28.6 Å². The maximum Gasteiger partial charge on any atom is 0.233 e. The molecule has 2 fully saturated rings. The van der Waals surface area contributed by atoms with E-state index in [0.717, 1.165) is 31.2 Å². The largest absolute Gasteiger partial charge is 0.493 e. The van der Waals surface area contributed by atoms with Crippen LogP contribution in [-0.4, -0.2) is 62.4 Å². The van der Waals surface area contributed by atoms with Crippen LogP contribution in [0, 0.1) is 11.8 Å². The summed E-state index contributed by atoms with van der Waals surface area (Å²) < 4.78 is 16.2. The molecule has 8 nitrogen and oxygen atoms in total. The molecule has 1 aliphatic heterocycles. The van der Waals surface area contributed by atoms with Crippen LogP contribution in [0.25, 0.3) is 0 Å². The summed E-state index contributed by atoms with van der Waals surface area (Å²) in [5.74, 6) is 0.773. The maximum absolute atomic E-state index is 12.7. The van der Waals surface area contributed by atoms with E-state index in [0.29, 0.717) is 23.8 Å². The van der Waals surface area contributed by atoms with Gasteiger partial charge >= 0.3 is 0 Å². The van der Waals surface area contributed by atoms with E-state index in [-0.39, 0.29) is 42.5 Å². The van der Waals surface area contributed by atoms with Crippen molar-refractivity contribution in [2.24, 2.45) is 11.8 Å². The predicted molar refractivity (Wildman–Crippen MR) is 109 cm³/mol. The van der Waals surface area contributed by atoms with Gasteiger partial charge in [0, 0.05) is 32.1 Å². The molecule has 164 valence electrons. The summed E-state index contributed by atoms with van der Waals surface area (Å²) in [6.07, 6.45) is 3.63. The van der Waals surface area contributed by atoms with Crippen LogP contribution >= 0.6 is 0 Å². The van der Waals surface area contributed by atoms with E-state index in [4.69, 9.17) is 14.2 Å². The molecule has 3 rings (SSSR count). The van der Waals surface area contributed by atoms with Crippen LogP contribution < -0.4 is 14.2 Å². The monoisotopic (exact) mass is 418 g/mol. The number of likely N-dealkylation sites (tertiary alicyclic amines) is 1. The lowest BCUT2D eigenvalue weighted by molar-refractivity contribution is -0.140. The van der Waals surface area contributed by atoms with Crippen LogP contribution in [0.3, 0.4) is 0 Å². The van der Waals surface area contributed by atoms with Crippen LogP contribution in [0.2, 0.25) is 0 Å². The summed E-state index contributed by atoms with van der Waals surface area (Å²) in [6.45, 7) is 0.437. The van der Waals surface area contributed by atoms with Crippen LogP contribution in [0.1, 0.15) is 37.7 Å². The van der Waals surface area contributed by atoms with Gasteiger partial charge in [-0.15, -0.1) is 0 Å². The Morgan fingerprint density at radius 1 is 1.00 bits per heavy atom. The van der Waals surface area contributed by atoms with Gasteiger partial charge in [-0.1, -0.05) is 12.8 Å². The van der Waals surface area contributed by atoms with Crippen molar-refractivity contribution in [1.82, 2.24) is 9.80 Å². The maximum atomic E-state index is 12.7. The fourth-order valence-electron chi connectivity index (χ4n) is 4.48. The topological polar surface area (TPSA) is 85.4 Å². The molecule has 1 heterocycles. The second-order valence-electron chi connectivity index (χ2n) is 7.82. The first-order valence-corrected chi connectivity index (χ1v) is 10.3. The zero-order chi connectivity index (χ0) is 21.8. The van der Waals surface area contributed by atoms with Crippen LogP contribution in [0.5, 0.6) is 17.2 Å². The third kappa shape index (κ3) is 4.08. The fourth-order valence-corrected chi connectivity index (χ4v) is 4.48. The molecule has 2 atom stereocenters. The Balaban J connectivity index is 1.63. The van der Waals surface area contributed by atoms with E-state index in [1.807, 2.05) is 6.07 Å². The van der Waals surface area contributed by atoms with Gasteiger partial charge in [-0.3, -0.25) is 19.3 Å². The molecule has 0 unspecified atom stereocenters. The smallest absolute Gasteiger partial charge is 0.233 e. The number of carbonyl (C=O) groups is 3. The number of benzene rings is 1. The average molecular weight is 418 g/mol. The molecule has 1 saturated carbocycles. The van der Waals surface area contributed by atoms with Gasteiger partial charge in [-0.2, -0.15) is 0 Å². The molecule has 2 aliphatic rings. The summed E-state index contributed by atoms with van der Waals surface area (Å²) in [7, 11) is 6.29. The number of imide groups is 1. The number of ether oxygens (including phenoxy) is 3. The number of methoxy groups -OCH3 is 3. The van der Waals surface area contributed by atoms with Gasteiger partial charge in [-0.05, 0) is 25.0 Å². The van der Waals surface area contributed by atoms with E-state index in [1.54, 1.807) is 25.1 Å². The summed E-state index contributed by atoms with van der Waals surface area (Å²) >= 11 is 0. The van der Waals surface area contributed by atoms with E-state index in [1.165, 1.54) is 19.1 Å². The molecular weight excluding hydrogens is 388 g/mol. The molecule has 0 spiro atoms. The van der Waals surface area contributed by atoms with Crippen molar-refractivity contribution in [2.75, 3.05) is 34.9 Å². The molecule has 1 aromatic carbocycles. The van der Waals surface area contributed by atoms with Gasteiger partial charge < -0.3 is 19.1 Å². The second-order valence-corrected chi connectivity index (χ2v) is 7.82. The van der Waals surface area contributed by atoms with Crippen molar-refractivity contribution in [3.8, 4) is 17.2 Å². The quantitative estimate of drug-likeness (QED) is 0.602. The minimum Gasteiger partial charge on any atom is -0.493 e. The Morgan fingerprint density at radius 3 is 2.13 bits per heavy atom. The van der Waals surface area contributed by atoms with Gasteiger partial charge in [-0.25, -0.2) is 0 Å². The van der Waals surface area contributed by atoms with E-state index in [9.17, 15) is 14.4 Å². The number of amides is 3. The zero-order valence-corrected chi connectivity index (χ0v) is 18.1. The molecule has 0 N–H and O–H groups in total. The van der Waals surface area contributed by atoms with E-state index < -0.39 is 0 Å². The normalized spacial score (nSPS) is 20.7. The molecule has 3 amide bonds. The van der Waals surface area contributed by atoms with Crippen LogP contribution in [0.4, 0.5) is 0 Å². The van der Waals surface area contributed by atoms with Crippen LogP contribution in [-0.2, 0) is 20.9 Å². The minimum atomic E-state index is -0.185. The van der Waals surface area contributed by atoms with Crippen molar-refractivity contribution in [3.05, 3.63) is 17.7 Å². The summed E-state index contributed by atoms with van der Waals surface area (Å²) in [5, 5.41) is 0. The predicted octanol–water partition coefficient (Wildman–Crippen LogP) is 2.24. The molecule has 1 saturated heterocycles. The summed E-state index contributed by atoms with van der Waals surface area (Å²) in [5.41, 5.74) is 0.769. The number of hydrogen-bond donors (Lipinski definition) is 0. The first-order chi connectivity index (χ1) is 14.4. The highest BCUT2D eigenvalue weighted by molar-refractivity contribution is 6.05. The third-order valence-electron chi connectivity index (χ3n) is 6.10. The Hall–Kier alpha value is -2.77. The molecule has 1 aromatic rings. The van der Waals surface area contributed by atoms with E-state index >= 15 is 0 Å². The van der Waals surface area contributed by atoms with E-state index in [2.05, 4.69) is 0 Å². The summed E-state index contributed by atoms with van der Waals surface area (Å²) in [4.78, 5) is 40.7.